The Kier molecular flexibility index (Phi) is 8.36. The number of rotatable bonds is 6. The van der Waals surface area contributed by atoms with Crippen LogP contribution in [0.5, 0.6) is 5.75 Å². The number of ether oxygens (including phenoxy) is 1. The molecule has 4 N–H and O–H groups in total. The molecule has 0 aliphatic carbocycles. The highest BCUT2D eigenvalue weighted by atomic mass is 16.5. The molecular formula is C19H21NO6. The van der Waals surface area contributed by atoms with Crippen molar-refractivity contribution in [2.75, 3.05) is 0 Å². The molecule has 1 amide bonds. The van der Waals surface area contributed by atoms with Crippen LogP contribution in [0.3, 0.4) is 0 Å². The van der Waals surface area contributed by atoms with Crippen molar-refractivity contribution in [1.82, 2.24) is 0 Å². The van der Waals surface area contributed by atoms with Gasteiger partial charge in [-0.1, -0.05) is 42.0 Å². The summed E-state index contributed by atoms with van der Waals surface area (Å²) in [5, 5.41) is 16.2. The number of carboxylic acid groups (broad SMARTS) is 2. The van der Waals surface area contributed by atoms with Crippen LogP contribution in [0.2, 0.25) is 0 Å². The van der Waals surface area contributed by atoms with E-state index < -0.39 is 17.8 Å². The van der Waals surface area contributed by atoms with Gasteiger partial charge < -0.3 is 20.7 Å². The molecule has 0 radical (unpaired) electrons. The van der Waals surface area contributed by atoms with Crippen molar-refractivity contribution < 1.29 is 29.3 Å². The Balaban J connectivity index is 0.000000487. The molecule has 0 aliphatic heterocycles. The Hall–Kier alpha value is -3.35. The monoisotopic (exact) mass is 359 g/mol. The van der Waals surface area contributed by atoms with E-state index in [0.717, 1.165) is 16.9 Å². The highest BCUT2D eigenvalue weighted by molar-refractivity contribution is 6.30. The van der Waals surface area contributed by atoms with E-state index in [4.69, 9.17) is 14.9 Å². The maximum atomic E-state index is 10.5. The summed E-state index contributed by atoms with van der Waals surface area (Å²) < 4.78 is 5.70. The molecule has 0 aliphatic rings. The van der Waals surface area contributed by atoms with Crippen LogP contribution in [0.4, 0.5) is 0 Å². The molecule has 0 unspecified atom stereocenters. The number of hydrogen-bond donors (Lipinski definition) is 3. The van der Waals surface area contributed by atoms with E-state index in [1.165, 1.54) is 5.56 Å². The molecule has 2 aromatic rings. The molecule has 0 atom stereocenters. The number of carbonyl (C=O) groups is 3. The summed E-state index contributed by atoms with van der Waals surface area (Å²) in [5.74, 6) is -2.90. The van der Waals surface area contributed by atoms with Crippen molar-refractivity contribution in [2.45, 2.75) is 26.4 Å². The molecule has 0 aromatic heterocycles. The van der Waals surface area contributed by atoms with Gasteiger partial charge in [-0.25, -0.2) is 4.79 Å². The molecule has 0 saturated heterocycles. The third-order valence-electron chi connectivity index (χ3n) is 3.29. The second-order valence-corrected chi connectivity index (χ2v) is 5.48. The molecule has 2 rings (SSSR count). The number of aryl methyl sites for hydroxylation is 2. The minimum absolute atomic E-state index is 0.156. The molecule has 0 saturated carbocycles. The maximum Gasteiger partial charge on any atom is 0.394 e. The van der Waals surface area contributed by atoms with Crippen molar-refractivity contribution in [3.05, 3.63) is 65.2 Å². The zero-order valence-electron chi connectivity index (χ0n) is 14.3. The zero-order valence-corrected chi connectivity index (χ0v) is 14.3. The number of carboxylic acids is 2. The molecule has 7 heteroatoms. The topological polar surface area (TPSA) is 127 Å². The first-order chi connectivity index (χ1) is 12.3. The fraction of sp³-hybridized carbons (Fsp3) is 0.211. The van der Waals surface area contributed by atoms with E-state index in [9.17, 15) is 14.4 Å². The highest BCUT2D eigenvalue weighted by Gasteiger charge is 2.01. The molecule has 0 heterocycles. The lowest BCUT2D eigenvalue weighted by atomic mass is 10.1. The number of aliphatic carboxylic acids is 2. The lowest BCUT2D eigenvalue weighted by Crippen LogP contribution is -2.21. The standard InChI is InChI=1S/C17H18O3.C2H3NO3/c1-13-2-4-15(5-3-13)12-20-16-9-6-14(7-10-16)8-11-17(18)19;3-1(4)2(5)6/h2-7,9-10H,8,11-12H2,1H3,(H,18,19);(H2,3,4)(H,5,6). The summed E-state index contributed by atoms with van der Waals surface area (Å²) in [6.45, 7) is 2.59. The third-order valence-corrected chi connectivity index (χ3v) is 3.29. The van der Waals surface area contributed by atoms with Gasteiger partial charge in [0.05, 0.1) is 0 Å². The van der Waals surface area contributed by atoms with E-state index >= 15 is 0 Å². The molecule has 2 aromatic carbocycles. The first-order valence-corrected chi connectivity index (χ1v) is 7.79. The Bertz CT molecular complexity index is 726. The van der Waals surface area contributed by atoms with Gasteiger partial charge in [-0.2, -0.15) is 0 Å². The second kappa shape index (κ2) is 10.5. The second-order valence-electron chi connectivity index (χ2n) is 5.48. The average molecular weight is 359 g/mol. The first-order valence-electron chi connectivity index (χ1n) is 7.79. The van der Waals surface area contributed by atoms with Gasteiger partial charge in [0.25, 0.3) is 0 Å². The van der Waals surface area contributed by atoms with Crippen LogP contribution in [-0.4, -0.2) is 28.1 Å². The predicted octanol–water partition coefficient (Wildman–Crippen LogP) is 2.15. The van der Waals surface area contributed by atoms with Crippen molar-refractivity contribution in [2.24, 2.45) is 5.73 Å². The Labute approximate surface area is 151 Å². The van der Waals surface area contributed by atoms with Crippen LogP contribution >= 0.6 is 0 Å². The third kappa shape index (κ3) is 8.49. The Morgan fingerprint density at radius 1 is 0.923 bits per heavy atom. The van der Waals surface area contributed by atoms with E-state index in [1.807, 2.05) is 24.3 Å². The molecule has 0 bridgehead atoms. The van der Waals surface area contributed by atoms with Gasteiger partial charge in [0.15, 0.2) is 0 Å². The largest absolute Gasteiger partial charge is 0.489 e. The number of amides is 1. The van der Waals surface area contributed by atoms with Gasteiger partial charge in [0, 0.05) is 6.42 Å². The van der Waals surface area contributed by atoms with Crippen LogP contribution in [0.25, 0.3) is 0 Å². The highest BCUT2D eigenvalue weighted by Crippen LogP contribution is 2.15. The number of primary amides is 1. The van der Waals surface area contributed by atoms with Gasteiger partial charge >= 0.3 is 17.8 Å². The van der Waals surface area contributed by atoms with Crippen LogP contribution in [0, 0.1) is 6.92 Å². The maximum absolute atomic E-state index is 10.5. The van der Waals surface area contributed by atoms with Gasteiger partial charge in [0.2, 0.25) is 0 Å². The minimum atomic E-state index is -1.60. The van der Waals surface area contributed by atoms with Gasteiger partial charge in [-0.15, -0.1) is 0 Å². The SMILES string of the molecule is Cc1ccc(COc2ccc(CCC(=O)O)cc2)cc1.NC(=O)C(=O)O. The lowest BCUT2D eigenvalue weighted by Gasteiger charge is -2.07. The van der Waals surface area contributed by atoms with Gasteiger partial charge in [-0.3, -0.25) is 9.59 Å². The summed E-state index contributed by atoms with van der Waals surface area (Å²) in [7, 11) is 0. The number of carbonyl (C=O) groups excluding carboxylic acids is 1. The van der Waals surface area contributed by atoms with Crippen LogP contribution < -0.4 is 10.5 Å². The van der Waals surface area contributed by atoms with Crippen molar-refractivity contribution in [1.29, 1.82) is 0 Å². The fourth-order valence-corrected chi connectivity index (χ4v) is 1.85. The summed E-state index contributed by atoms with van der Waals surface area (Å²) in [5.41, 5.74) is 7.57. The number of benzene rings is 2. The van der Waals surface area contributed by atoms with Crippen molar-refractivity contribution in [3.63, 3.8) is 0 Å². The quantitative estimate of drug-likeness (QED) is 0.678. The molecular weight excluding hydrogens is 338 g/mol. The zero-order chi connectivity index (χ0) is 19.5. The predicted molar refractivity (Wildman–Crippen MR) is 94.7 cm³/mol. The van der Waals surface area contributed by atoms with E-state index in [-0.39, 0.29) is 6.42 Å². The lowest BCUT2D eigenvalue weighted by molar-refractivity contribution is -0.148. The Morgan fingerprint density at radius 2 is 1.42 bits per heavy atom. The van der Waals surface area contributed by atoms with Crippen LogP contribution in [-0.2, 0) is 27.4 Å². The smallest absolute Gasteiger partial charge is 0.394 e. The number of nitrogens with two attached hydrogens (primary N) is 1. The average Bonchev–Trinajstić information content (AvgIpc) is 2.61. The van der Waals surface area contributed by atoms with E-state index in [0.29, 0.717) is 13.0 Å². The minimum Gasteiger partial charge on any atom is -0.489 e. The van der Waals surface area contributed by atoms with Gasteiger partial charge in [0.1, 0.15) is 12.4 Å². The molecule has 138 valence electrons. The van der Waals surface area contributed by atoms with Crippen molar-refractivity contribution >= 4 is 17.8 Å². The van der Waals surface area contributed by atoms with Gasteiger partial charge in [-0.05, 0) is 36.6 Å². The summed E-state index contributed by atoms with van der Waals surface area (Å²) in [6.07, 6.45) is 0.706. The fourth-order valence-electron chi connectivity index (χ4n) is 1.85. The first kappa shape index (κ1) is 20.7. The summed E-state index contributed by atoms with van der Waals surface area (Å²) >= 11 is 0. The molecule has 26 heavy (non-hydrogen) atoms. The van der Waals surface area contributed by atoms with E-state index in [2.05, 4.69) is 36.9 Å². The molecule has 0 fully saturated rings. The Morgan fingerprint density at radius 3 is 1.88 bits per heavy atom. The summed E-state index contributed by atoms with van der Waals surface area (Å²) in [4.78, 5) is 29.0. The molecule has 0 spiro atoms. The summed E-state index contributed by atoms with van der Waals surface area (Å²) in [6, 6.07) is 15.8. The van der Waals surface area contributed by atoms with Crippen LogP contribution in [0.1, 0.15) is 23.1 Å². The normalized spacial score (nSPS) is 9.58. The molecule has 7 nitrogen and oxygen atoms in total. The van der Waals surface area contributed by atoms with Crippen LogP contribution in [0.15, 0.2) is 48.5 Å². The number of hydrogen-bond acceptors (Lipinski definition) is 4. The van der Waals surface area contributed by atoms with E-state index in [1.54, 1.807) is 0 Å². The van der Waals surface area contributed by atoms with Crippen molar-refractivity contribution in [3.8, 4) is 5.75 Å².